The Balaban J connectivity index is 0.000000250. The van der Waals surface area contributed by atoms with E-state index in [0.717, 1.165) is 0 Å². The van der Waals surface area contributed by atoms with Gasteiger partial charge in [-0.05, 0) is 114 Å². The maximum absolute atomic E-state index is 9.75. The van der Waals surface area contributed by atoms with Crippen LogP contribution in [-0.2, 0) is 48.3 Å². The van der Waals surface area contributed by atoms with Crippen LogP contribution in [0, 0.1) is 6.92 Å². The van der Waals surface area contributed by atoms with E-state index < -0.39 is 13.6 Å². The molecule has 0 radical (unpaired) electrons. The Labute approximate surface area is 470 Å². The molecule has 382 valence electrons. The molecular weight excluding hydrogens is 1350 g/mol. The second kappa shape index (κ2) is 35.2. The number of hydrogen-bond donors (Lipinski definition) is 0. The zero-order chi connectivity index (χ0) is 53.6. The molecule has 9 rings (SSSR count). The van der Waals surface area contributed by atoms with Crippen molar-refractivity contribution in [1.82, 2.24) is 0 Å². The van der Waals surface area contributed by atoms with Crippen molar-refractivity contribution in [2.24, 2.45) is 0 Å². The van der Waals surface area contributed by atoms with Gasteiger partial charge in [-0.1, -0.05) is 279 Å². The van der Waals surface area contributed by atoms with Crippen LogP contribution in [-0.4, -0.2) is 32.7 Å². The van der Waals surface area contributed by atoms with Crippen LogP contribution in [0.15, 0.2) is 273 Å². The van der Waals surface area contributed by atoms with Crippen molar-refractivity contribution < 1.29 is 62.0 Å². The fourth-order valence-corrected chi connectivity index (χ4v) is 17.7. The van der Waals surface area contributed by atoms with Gasteiger partial charge in [0.2, 0.25) is 0 Å². The summed E-state index contributed by atoms with van der Waals surface area (Å²) >= 11 is 1.39. The summed E-state index contributed by atoms with van der Waals surface area (Å²) in [5, 5.41) is 11.9. The average molecular weight is 1410 g/mol. The van der Waals surface area contributed by atoms with E-state index in [1.54, 1.807) is 24.3 Å². The quantitative estimate of drug-likeness (QED) is 0.0369. The van der Waals surface area contributed by atoms with Crippen molar-refractivity contribution in [1.29, 1.82) is 0.749 Å². The van der Waals surface area contributed by atoms with E-state index in [2.05, 4.69) is 250 Å². The van der Waals surface area contributed by atoms with Crippen LogP contribution < -0.4 is 42.4 Å². The first-order valence-corrected chi connectivity index (χ1v) is 29.8. The Morgan fingerprint density at radius 1 is 0.315 bits per heavy atom. The normalized spacial score (nSPS) is 11.4. The average Bonchev–Trinajstić information content (AvgIpc) is 3.45. The standard InChI is InChI=1S/2C27H26P2.C8H9.BF4.2Pt.H/c2*1-5-14-24(15-6-1)28(25-16-7-2-8-17-25)22-13-23-29(26-18-9-3-10-19-26)27-20-11-4-12-21-27;1-2-8-6-4-3-5-7-8;2-1(3,4)5;;;/h2*1-12,14-21H,13,22-23H2;3-7H,1-2H2;;;;/q;;2*-1;;+1;/i;;2D2;;;;1+1. The van der Waals surface area contributed by atoms with Crippen molar-refractivity contribution in [3.8, 4) is 0 Å². The summed E-state index contributed by atoms with van der Waals surface area (Å²) in [7, 11) is -7.24. The molecule has 0 saturated heterocycles. The van der Waals surface area contributed by atoms with Gasteiger partial charge in [-0.3, -0.25) is 0 Å². The van der Waals surface area contributed by atoms with Crippen molar-refractivity contribution in [3.63, 3.8) is 0 Å². The maximum atomic E-state index is 9.75. The van der Waals surface area contributed by atoms with Gasteiger partial charge in [0, 0.05) is 21.1 Å². The van der Waals surface area contributed by atoms with Crippen molar-refractivity contribution >= 4 is 81.4 Å². The number of halogens is 4. The van der Waals surface area contributed by atoms with Gasteiger partial charge in [0.15, 0.2) is 0 Å². The minimum absolute atomic E-state index is 0. The molecule has 0 unspecified atom stereocenters. The smallest absolute Gasteiger partial charge is 0 e. The topological polar surface area (TPSA) is 0 Å². The van der Waals surface area contributed by atoms with Crippen molar-refractivity contribution in [3.05, 3.63) is 285 Å². The van der Waals surface area contributed by atoms with Gasteiger partial charge in [-0.15, -0.1) is 0 Å². The zero-order valence-corrected chi connectivity index (χ0v) is 48.6. The van der Waals surface area contributed by atoms with Crippen LogP contribution in [0.2, 0.25) is 0 Å². The molecule has 0 atom stereocenters. The van der Waals surface area contributed by atoms with Gasteiger partial charge in [-0.25, -0.2) is 0 Å². The maximum Gasteiger partial charge on any atom is 0 e. The second-order valence-corrected chi connectivity index (χ2v) is 25.4. The summed E-state index contributed by atoms with van der Waals surface area (Å²) in [6, 6.07) is 97.5. The Hall–Kier alpha value is -4.14. The third-order valence-electron chi connectivity index (χ3n) is 11.0. The van der Waals surface area contributed by atoms with Crippen molar-refractivity contribution in [2.45, 2.75) is 19.2 Å². The van der Waals surface area contributed by atoms with Crippen molar-refractivity contribution in [2.75, 3.05) is 24.6 Å². The molecule has 0 aromatic heterocycles. The Morgan fingerprint density at radius 3 is 0.575 bits per heavy atom. The van der Waals surface area contributed by atoms with E-state index in [-0.39, 0.29) is 52.8 Å². The summed E-state index contributed by atoms with van der Waals surface area (Å²) in [6.07, 6.45) is 5.98. The summed E-state index contributed by atoms with van der Waals surface area (Å²) in [6.45, 7) is 3.37. The van der Waals surface area contributed by atoms with E-state index >= 15 is 0 Å². The molecule has 11 heteroatoms. The van der Waals surface area contributed by atoms with Crippen LogP contribution in [0.25, 0.3) is 0 Å². The van der Waals surface area contributed by atoms with E-state index in [4.69, 9.17) is 3.49 Å². The fraction of sp³-hybridized carbons (Fsp3) is 0.113. The molecule has 9 aromatic carbocycles. The SMILES string of the molecule is F[B-](F)(F)F.[2H]C([2H])([CH2-])c1ccccc1.[2H][Pt+].[Pt].c1ccc(P(CCCP(c2ccccc2)c2ccccc2)c2ccccc2)cc1.c1ccc(P(CCCP(c2ccccc2)c2ccccc2)c2ccccc2)cc1. The molecule has 0 fully saturated rings. The van der Waals surface area contributed by atoms with Crippen LogP contribution >= 0.6 is 31.7 Å². The van der Waals surface area contributed by atoms with Crippen LogP contribution in [0.3, 0.4) is 0 Å². The van der Waals surface area contributed by atoms with Gasteiger partial charge in [0.1, 0.15) is 0 Å². The van der Waals surface area contributed by atoms with Crippen LogP contribution in [0.5, 0.6) is 0 Å². The molecule has 0 saturated carbocycles. The first-order chi connectivity index (χ1) is 36.4. The molecule has 0 spiro atoms. The fourth-order valence-electron chi connectivity index (χ4n) is 7.82. The first kappa shape index (κ1) is 56.6. The van der Waals surface area contributed by atoms with Gasteiger partial charge < -0.3 is 24.2 Å². The monoisotopic (exact) mass is 1410 g/mol. The molecule has 0 bridgehead atoms. The number of benzene rings is 9. The number of hydrogen-bond acceptors (Lipinski definition) is 0. The van der Waals surface area contributed by atoms with Crippen LogP contribution in [0.1, 0.15) is 21.1 Å². The molecule has 0 aliphatic rings. The Bertz CT molecular complexity index is 2340. The zero-order valence-electron chi connectivity index (χ0n) is 43.4. The predicted molar refractivity (Wildman–Crippen MR) is 312 cm³/mol. The van der Waals surface area contributed by atoms with E-state index in [9.17, 15) is 17.3 Å². The molecule has 0 heterocycles. The van der Waals surface area contributed by atoms with Gasteiger partial charge >= 0.3 is 28.9 Å². The molecule has 73 heavy (non-hydrogen) atoms. The first-order valence-electron chi connectivity index (χ1n) is 25.0. The molecule has 0 nitrogen and oxygen atoms in total. The molecule has 0 N–H and O–H groups in total. The van der Waals surface area contributed by atoms with Gasteiger partial charge in [0.25, 0.3) is 0 Å². The largest absolute Gasteiger partial charge is 0.0622 e. The number of rotatable bonds is 17. The summed E-state index contributed by atoms with van der Waals surface area (Å²) in [5.41, 5.74) is 0.620. The minimum Gasteiger partial charge on any atom is -0.0622 e. The molecule has 0 aliphatic carbocycles. The molecule has 0 amide bonds. The van der Waals surface area contributed by atoms with Gasteiger partial charge in [-0.2, -0.15) is 6.37 Å². The predicted octanol–water partition coefficient (Wildman–Crippen LogP) is 14.4. The Kier molecular flexibility index (Phi) is 27.3. The molecule has 0 aliphatic heterocycles. The third-order valence-corrected chi connectivity index (χ3v) is 21.5. The van der Waals surface area contributed by atoms with E-state index in [0.29, 0.717) is 5.56 Å². The molecule has 9 aromatic rings. The second-order valence-electron chi connectivity index (χ2n) is 16.0. The minimum atomic E-state index is -6.00. The van der Waals surface area contributed by atoms with E-state index in [1.807, 2.05) is 6.07 Å². The molecular formula is C62H62BF4P4Pt2-. The summed E-state index contributed by atoms with van der Waals surface area (Å²) < 4.78 is 59.2. The summed E-state index contributed by atoms with van der Waals surface area (Å²) in [4.78, 5) is 0. The summed E-state index contributed by atoms with van der Waals surface area (Å²) in [5.74, 6) is 0. The van der Waals surface area contributed by atoms with Gasteiger partial charge in [0.05, 0.1) is 0 Å². The van der Waals surface area contributed by atoms with Crippen LogP contribution in [0.4, 0.5) is 17.3 Å². The Morgan fingerprint density at radius 2 is 0.452 bits per heavy atom. The third kappa shape index (κ3) is 22.7. The van der Waals surface area contributed by atoms with E-state index in [1.165, 1.54) is 101 Å².